The second-order valence-corrected chi connectivity index (χ2v) is 7.22. The van der Waals surface area contributed by atoms with E-state index >= 15 is 0 Å². The summed E-state index contributed by atoms with van der Waals surface area (Å²) in [4.78, 5) is 3.82. The number of hydrogen-bond donors (Lipinski definition) is 1. The Hall–Kier alpha value is 0.390. The van der Waals surface area contributed by atoms with Gasteiger partial charge in [-0.2, -0.15) is 0 Å². The Labute approximate surface area is 120 Å². The van der Waals surface area contributed by atoms with Crippen LogP contribution in [0.5, 0.6) is 0 Å². The van der Waals surface area contributed by atoms with E-state index in [1.807, 2.05) is 0 Å². The van der Waals surface area contributed by atoms with Gasteiger partial charge in [0.2, 0.25) is 0 Å². The molecule has 1 aromatic heterocycles. The molecular weight excluding hydrogens is 320 g/mol. The maximum Gasteiger partial charge on any atom is 0.107 e. The third-order valence-corrected chi connectivity index (χ3v) is 5.53. The minimum absolute atomic E-state index is 0.535. The third-order valence-electron chi connectivity index (χ3n) is 3.05. The summed E-state index contributed by atoms with van der Waals surface area (Å²) in [6.45, 7) is 6.85. The first-order valence-electron chi connectivity index (χ1n) is 6.04. The van der Waals surface area contributed by atoms with Crippen molar-refractivity contribution in [3.05, 3.63) is 19.8 Å². The Morgan fingerprint density at radius 1 is 1.53 bits per heavy atom. The summed E-state index contributed by atoms with van der Waals surface area (Å²) in [5, 5.41) is 3.56. The molecule has 0 aliphatic carbocycles. The maximum absolute atomic E-state index is 6.02. The lowest BCUT2D eigenvalue weighted by molar-refractivity contribution is 0.298. The van der Waals surface area contributed by atoms with Gasteiger partial charge in [-0.3, -0.25) is 0 Å². The number of nitrogens with one attached hydrogen (secondary N) is 1. The van der Waals surface area contributed by atoms with Crippen LogP contribution < -0.4 is 5.32 Å². The van der Waals surface area contributed by atoms with Crippen LogP contribution in [0.3, 0.4) is 0 Å². The van der Waals surface area contributed by atoms with Crippen LogP contribution in [0.2, 0.25) is 4.34 Å². The van der Waals surface area contributed by atoms with Gasteiger partial charge in [0, 0.05) is 28.5 Å². The van der Waals surface area contributed by atoms with Crippen LogP contribution in [0.15, 0.2) is 10.5 Å². The molecule has 2 heterocycles. The Bertz CT molecular complexity index is 344. The van der Waals surface area contributed by atoms with Gasteiger partial charge in [0.15, 0.2) is 0 Å². The van der Waals surface area contributed by atoms with Crippen LogP contribution in [0.4, 0.5) is 0 Å². The first-order valence-corrected chi connectivity index (χ1v) is 8.03. The highest BCUT2D eigenvalue weighted by Gasteiger charge is 2.14. The Kier molecular flexibility index (Phi) is 5.30. The standard InChI is InChI=1S/C12H18BrClN2S/c1-9(8-16-4-2-3-5-16)15-7-10-6-11(13)12(14)17-10/h6,9,15H,2-5,7-8H2,1H3. The molecule has 1 atom stereocenters. The van der Waals surface area contributed by atoms with Gasteiger partial charge in [-0.25, -0.2) is 0 Å². The van der Waals surface area contributed by atoms with E-state index in [4.69, 9.17) is 11.6 Å². The zero-order chi connectivity index (χ0) is 12.3. The molecule has 1 unspecified atom stereocenters. The average molecular weight is 338 g/mol. The van der Waals surface area contributed by atoms with Crippen LogP contribution in [0.25, 0.3) is 0 Å². The van der Waals surface area contributed by atoms with Gasteiger partial charge >= 0.3 is 0 Å². The van der Waals surface area contributed by atoms with E-state index in [2.05, 4.69) is 39.1 Å². The van der Waals surface area contributed by atoms with Gasteiger partial charge in [0.1, 0.15) is 4.34 Å². The molecule has 1 aliphatic rings. The number of thiophene rings is 1. The van der Waals surface area contributed by atoms with E-state index in [0.717, 1.165) is 21.9 Å². The molecule has 0 radical (unpaired) electrons. The molecule has 17 heavy (non-hydrogen) atoms. The first-order chi connectivity index (χ1) is 8.15. The monoisotopic (exact) mass is 336 g/mol. The van der Waals surface area contributed by atoms with Crippen LogP contribution in [-0.2, 0) is 6.54 Å². The highest BCUT2D eigenvalue weighted by atomic mass is 79.9. The van der Waals surface area contributed by atoms with Crippen LogP contribution in [0, 0.1) is 0 Å². The molecule has 1 aliphatic heterocycles. The molecule has 0 aromatic carbocycles. The van der Waals surface area contributed by atoms with E-state index in [-0.39, 0.29) is 0 Å². The van der Waals surface area contributed by atoms with E-state index in [1.165, 1.54) is 30.8 Å². The predicted molar refractivity (Wildman–Crippen MR) is 79.0 cm³/mol. The zero-order valence-electron chi connectivity index (χ0n) is 10.0. The number of nitrogens with zero attached hydrogens (tertiary/aromatic N) is 1. The van der Waals surface area contributed by atoms with Crippen molar-refractivity contribution in [1.82, 2.24) is 10.2 Å². The van der Waals surface area contributed by atoms with Crippen molar-refractivity contribution in [1.29, 1.82) is 0 Å². The van der Waals surface area contributed by atoms with Gasteiger partial charge < -0.3 is 10.2 Å². The molecular formula is C12H18BrClN2S. The number of hydrogen-bond acceptors (Lipinski definition) is 3. The summed E-state index contributed by atoms with van der Waals surface area (Å²) in [7, 11) is 0. The molecule has 0 saturated carbocycles. The van der Waals surface area contributed by atoms with Gasteiger partial charge in [-0.15, -0.1) is 11.3 Å². The summed E-state index contributed by atoms with van der Waals surface area (Å²) in [5.41, 5.74) is 0. The lowest BCUT2D eigenvalue weighted by atomic mass is 10.3. The fraction of sp³-hybridized carbons (Fsp3) is 0.667. The highest BCUT2D eigenvalue weighted by Crippen LogP contribution is 2.31. The van der Waals surface area contributed by atoms with Gasteiger partial charge in [0.05, 0.1) is 0 Å². The van der Waals surface area contributed by atoms with Gasteiger partial charge in [-0.05, 0) is 54.9 Å². The lowest BCUT2D eigenvalue weighted by Crippen LogP contribution is -2.37. The molecule has 1 aromatic rings. The van der Waals surface area contributed by atoms with E-state index < -0.39 is 0 Å². The maximum atomic E-state index is 6.02. The molecule has 1 fully saturated rings. The van der Waals surface area contributed by atoms with Crippen LogP contribution in [-0.4, -0.2) is 30.6 Å². The molecule has 1 saturated heterocycles. The summed E-state index contributed by atoms with van der Waals surface area (Å²) >= 11 is 11.1. The van der Waals surface area contributed by atoms with Crippen molar-refractivity contribution < 1.29 is 0 Å². The van der Waals surface area contributed by atoms with Crippen molar-refractivity contribution in [2.75, 3.05) is 19.6 Å². The van der Waals surface area contributed by atoms with Crippen molar-refractivity contribution in [3.63, 3.8) is 0 Å². The van der Waals surface area contributed by atoms with Crippen molar-refractivity contribution >= 4 is 38.9 Å². The second kappa shape index (κ2) is 6.53. The second-order valence-electron chi connectivity index (χ2n) is 4.62. The van der Waals surface area contributed by atoms with E-state index in [9.17, 15) is 0 Å². The quantitative estimate of drug-likeness (QED) is 0.880. The molecule has 96 valence electrons. The zero-order valence-corrected chi connectivity index (χ0v) is 13.2. The first kappa shape index (κ1) is 13.8. The van der Waals surface area contributed by atoms with Crippen molar-refractivity contribution in [3.8, 4) is 0 Å². The molecule has 0 spiro atoms. The number of rotatable bonds is 5. The largest absolute Gasteiger partial charge is 0.308 e. The average Bonchev–Trinajstić information content (AvgIpc) is 2.87. The van der Waals surface area contributed by atoms with Gasteiger partial charge in [0.25, 0.3) is 0 Å². The van der Waals surface area contributed by atoms with E-state index in [0.29, 0.717) is 6.04 Å². The Morgan fingerprint density at radius 3 is 2.82 bits per heavy atom. The predicted octanol–water partition coefficient (Wildman–Crippen LogP) is 3.74. The Morgan fingerprint density at radius 2 is 2.24 bits per heavy atom. The fourth-order valence-corrected chi connectivity index (χ4v) is 3.91. The van der Waals surface area contributed by atoms with Gasteiger partial charge in [-0.1, -0.05) is 11.6 Å². The van der Waals surface area contributed by atoms with E-state index in [1.54, 1.807) is 11.3 Å². The van der Waals surface area contributed by atoms with Crippen LogP contribution >= 0.6 is 38.9 Å². The summed E-state index contributed by atoms with van der Waals surface area (Å²) in [5.74, 6) is 0. The number of likely N-dealkylation sites (tertiary alicyclic amines) is 1. The van der Waals surface area contributed by atoms with Crippen molar-refractivity contribution in [2.45, 2.75) is 32.4 Å². The topological polar surface area (TPSA) is 15.3 Å². The molecule has 0 bridgehead atoms. The smallest absolute Gasteiger partial charge is 0.107 e. The minimum atomic E-state index is 0.535. The lowest BCUT2D eigenvalue weighted by Gasteiger charge is -2.20. The fourth-order valence-electron chi connectivity index (χ4n) is 2.17. The number of halogens is 2. The van der Waals surface area contributed by atoms with Crippen LogP contribution in [0.1, 0.15) is 24.6 Å². The molecule has 0 amide bonds. The SMILES string of the molecule is CC(CN1CCCC1)NCc1cc(Br)c(Cl)s1. The molecule has 5 heteroatoms. The summed E-state index contributed by atoms with van der Waals surface area (Å²) in [6, 6.07) is 2.63. The molecule has 2 nitrogen and oxygen atoms in total. The minimum Gasteiger partial charge on any atom is -0.308 e. The summed E-state index contributed by atoms with van der Waals surface area (Å²) < 4.78 is 1.85. The third kappa shape index (κ3) is 4.21. The summed E-state index contributed by atoms with van der Waals surface area (Å²) in [6.07, 6.45) is 2.72. The Balaban J connectivity index is 1.73. The normalized spacial score (nSPS) is 18.8. The highest BCUT2D eigenvalue weighted by molar-refractivity contribution is 9.10. The van der Waals surface area contributed by atoms with Crippen molar-refractivity contribution in [2.24, 2.45) is 0 Å². The molecule has 2 rings (SSSR count). The molecule has 1 N–H and O–H groups in total.